The van der Waals surface area contributed by atoms with Crippen LogP contribution in [-0.2, 0) is 23.1 Å². The average molecular weight is 279 g/mol. The normalized spacial score (nSPS) is 27.8. The SMILES string of the molecule is COP(=O)(OC)N1CCC2(CC1)OCC(C)(C)O2. The topological polar surface area (TPSA) is 57.2 Å². The highest BCUT2D eigenvalue weighted by molar-refractivity contribution is 7.51. The van der Waals surface area contributed by atoms with E-state index in [-0.39, 0.29) is 5.60 Å². The fraction of sp³-hybridized carbons (Fsp3) is 1.00. The number of ether oxygens (including phenoxy) is 2. The van der Waals surface area contributed by atoms with E-state index in [1.807, 2.05) is 13.8 Å². The summed E-state index contributed by atoms with van der Waals surface area (Å²) < 4.78 is 35.8. The first-order valence-electron chi connectivity index (χ1n) is 6.16. The molecule has 2 heterocycles. The molecular formula is C11H22NO5P. The van der Waals surface area contributed by atoms with E-state index in [0.717, 1.165) is 0 Å². The van der Waals surface area contributed by atoms with Crippen molar-refractivity contribution in [1.29, 1.82) is 0 Å². The molecule has 2 aliphatic heterocycles. The monoisotopic (exact) mass is 279 g/mol. The molecule has 0 aromatic rings. The van der Waals surface area contributed by atoms with E-state index in [1.165, 1.54) is 14.2 Å². The third-order valence-corrected chi connectivity index (χ3v) is 5.47. The van der Waals surface area contributed by atoms with Gasteiger partial charge in [-0.15, -0.1) is 0 Å². The lowest BCUT2D eigenvalue weighted by Gasteiger charge is -2.39. The van der Waals surface area contributed by atoms with Crippen molar-refractivity contribution < 1.29 is 23.1 Å². The molecule has 0 saturated carbocycles. The zero-order valence-corrected chi connectivity index (χ0v) is 12.4. The molecule has 7 heteroatoms. The molecule has 0 atom stereocenters. The van der Waals surface area contributed by atoms with Gasteiger partial charge in [0.25, 0.3) is 0 Å². The van der Waals surface area contributed by atoms with Crippen LogP contribution in [0.15, 0.2) is 0 Å². The van der Waals surface area contributed by atoms with Crippen molar-refractivity contribution in [2.45, 2.75) is 38.1 Å². The minimum absolute atomic E-state index is 0.242. The second-order valence-corrected chi connectivity index (χ2v) is 7.58. The fourth-order valence-electron chi connectivity index (χ4n) is 2.50. The van der Waals surface area contributed by atoms with Crippen molar-refractivity contribution in [1.82, 2.24) is 4.67 Å². The van der Waals surface area contributed by atoms with Crippen LogP contribution in [0.2, 0.25) is 0 Å². The molecule has 0 amide bonds. The standard InChI is InChI=1S/C11H22NO5P/c1-10(2)9-16-11(17-10)5-7-12(8-6-11)18(13,14-3)15-4/h5-9H2,1-4H3. The number of hydrogen-bond donors (Lipinski definition) is 0. The van der Waals surface area contributed by atoms with E-state index in [1.54, 1.807) is 4.67 Å². The quantitative estimate of drug-likeness (QED) is 0.736. The average Bonchev–Trinajstić information content (AvgIpc) is 2.65. The number of nitrogens with zero attached hydrogens (tertiary/aromatic N) is 1. The number of piperidine rings is 1. The fourth-order valence-corrected chi connectivity index (χ4v) is 3.80. The Kier molecular flexibility index (Phi) is 3.89. The third kappa shape index (κ3) is 2.64. The molecule has 0 aromatic carbocycles. The van der Waals surface area contributed by atoms with Crippen LogP contribution in [-0.4, -0.2) is 50.0 Å². The molecule has 2 aliphatic rings. The zero-order chi connectivity index (χ0) is 13.4. The molecule has 1 spiro atoms. The van der Waals surface area contributed by atoms with Crippen LogP contribution in [0.5, 0.6) is 0 Å². The highest BCUT2D eigenvalue weighted by atomic mass is 31.2. The predicted octanol–water partition coefficient (Wildman–Crippen LogP) is 2.00. The molecule has 18 heavy (non-hydrogen) atoms. The van der Waals surface area contributed by atoms with E-state index in [0.29, 0.717) is 32.5 Å². The molecule has 2 rings (SSSR count). The summed E-state index contributed by atoms with van der Waals surface area (Å²) in [4.78, 5) is 0. The van der Waals surface area contributed by atoms with Crippen LogP contribution < -0.4 is 0 Å². The second kappa shape index (κ2) is 4.85. The highest BCUT2D eigenvalue weighted by Gasteiger charge is 2.49. The summed E-state index contributed by atoms with van der Waals surface area (Å²) in [5.74, 6) is -0.522. The molecule has 0 N–H and O–H groups in total. The van der Waals surface area contributed by atoms with Crippen molar-refractivity contribution in [2.75, 3.05) is 33.9 Å². The first-order valence-corrected chi connectivity index (χ1v) is 7.65. The summed E-state index contributed by atoms with van der Waals surface area (Å²) in [5, 5.41) is 0. The molecule has 6 nitrogen and oxygen atoms in total. The van der Waals surface area contributed by atoms with Gasteiger partial charge in [0.15, 0.2) is 5.79 Å². The van der Waals surface area contributed by atoms with E-state index < -0.39 is 13.5 Å². The van der Waals surface area contributed by atoms with Crippen LogP contribution in [0.3, 0.4) is 0 Å². The molecule has 2 saturated heterocycles. The van der Waals surface area contributed by atoms with Gasteiger partial charge in [-0.2, -0.15) is 0 Å². The van der Waals surface area contributed by atoms with Crippen molar-refractivity contribution in [3.63, 3.8) is 0 Å². The van der Waals surface area contributed by atoms with Crippen molar-refractivity contribution >= 4 is 7.75 Å². The molecular weight excluding hydrogens is 257 g/mol. The van der Waals surface area contributed by atoms with Crippen LogP contribution in [0.1, 0.15) is 26.7 Å². The van der Waals surface area contributed by atoms with Crippen LogP contribution in [0.4, 0.5) is 0 Å². The Morgan fingerprint density at radius 3 is 2.11 bits per heavy atom. The van der Waals surface area contributed by atoms with Gasteiger partial charge in [-0.3, -0.25) is 9.05 Å². The van der Waals surface area contributed by atoms with Gasteiger partial charge >= 0.3 is 7.75 Å². The van der Waals surface area contributed by atoms with E-state index in [9.17, 15) is 4.57 Å². The van der Waals surface area contributed by atoms with Crippen LogP contribution >= 0.6 is 7.75 Å². The maximum absolute atomic E-state index is 12.2. The van der Waals surface area contributed by atoms with Crippen molar-refractivity contribution in [2.24, 2.45) is 0 Å². The molecule has 0 aromatic heterocycles. The Hall–Kier alpha value is 0.0300. The minimum Gasteiger partial charge on any atom is -0.347 e. The van der Waals surface area contributed by atoms with E-state index in [4.69, 9.17) is 18.5 Å². The summed E-state index contributed by atoms with van der Waals surface area (Å²) in [6.45, 7) is 5.79. The smallest absolute Gasteiger partial charge is 0.347 e. The van der Waals surface area contributed by atoms with Gasteiger partial charge in [0.1, 0.15) is 0 Å². The van der Waals surface area contributed by atoms with Gasteiger partial charge < -0.3 is 9.47 Å². The molecule has 0 radical (unpaired) electrons. The lowest BCUT2D eigenvalue weighted by molar-refractivity contribution is -0.202. The molecule has 0 unspecified atom stereocenters. The van der Waals surface area contributed by atoms with Gasteiger partial charge in [0.2, 0.25) is 0 Å². The Morgan fingerprint density at radius 2 is 1.72 bits per heavy atom. The Labute approximate surface area is 108 Å². The zero-order valence-electron chi connectivity index (χ0n) is 11.5. The minimum atomic E-state index is -3.12. The predicted molar refractivity (Wildman–Crippen MR) is 66.3 cm³/mol. The Balaban J connectivity index is 1.99. The summed E-state index contributed by atoms with van der Waals surface area (Å²) in [6, 6.07) is 0. The van der Waals surface area contributed by atoms with E-state index in [2.05, 4.69) is 0 Å². The first-order chi connectivity index (χ1) is 8.35. The Bertz CT molecular complexity index is 343. The third-order valence-electron chi connectivity index (χ3n) is 3.45. The first kappa shape index (κ1) is 14.4. The maximum atomic E-state index is 12.2. The summed E-state index contributed by atoms with van der Waals surface area (Å²) >= 11 is 0. The van der Waals surface area contributed by atoms with Gasteiger partial charge in [-0.05, 0) is 13.8 Å². The number of rotatable bonds is 3. The lowest BCUT2D eigenvalue weighted by atomic mass is 10.1. The van der Waals surface area contributed by atoms with Crippen molar-refractivity contribution in [3.8, 4) is 0 Å². The summed E-state index contributed by atoms with van der Waals surface area (Å²) in [7, 11) is -0.317. The summed E-state index contributed by atoms with van der Waals surface area (Å²) in [6.07, 6.45) is 1.35. The Morgan fingerprint density at radius 1 is 1.17 bits per heavy atom. The summed E-state index contributed by atoms with van der Waals surface area (Å²) in [5.41, 5.74) is -0.242. The molecule has 106 valence electrons. The van der Waals surface area contributed by atoms with Gasteiger partial charge in [0, 0.05) is 40.2 Å². The van der Waals surface area contributed by atoms with Crippen LogP contribution in [0, 0.1) is 0 Å². The largest absolute Gasteiger partial charge is 0.407 e. The lowest BCUT2D eigenvalue weighted by Crippen LogP contribution is -2.45. The van der Waals surface area contributed by atoms with Gasteiger partial charge in [-0.1, -0.05) is 0 Å². The maximum Gasteiger partial charge on any atom is 0.407 e. The molecule has 0 aliphatic carbocycles. The molecule has 2 fully saturated rings. The molecule has 0 bridgehead atoms. The highest BCUT2D eigenvalue weighted by Crippen LogP contribution is 2.53. The van der Waals surface area contributed by atoms with Gasteiger partial charge in [-0.25, -0.2) is 9.24 Å². The second-order valence-electron chi connectivity index (χ2n) is 5.35. The van der Waals surface area contributed by atoms with Gasteiger partial charge in [0.05, 0.1) is 12.2 Å². The van der Waals surface area contributed by atoms with Crippen LogP contribution in [0.25, 0.3) is 0 Å². The van der Waals surface area contributed by atoms with E-state index >= 15 is 0 Å². The number of hydrogen-bond acceptors (Lipinski definition) is 5. The van der Waals surface area contributed by atoms with Crippen molar-refractivity contribution in [3.05, 3.63) is 0 Å².